The molecular weight excluding hydrogens is 217 g/mol. The molecule has 0 aromatic heterocycles. The molecule has 2 aliphatic rings. The van der Waals surface area contributed by atoms with Crippen molar-refractivity contribution in [3.63, 3.8) is 0 Å². The van der Waals surface area contributed by atoms with E-state index in [2.05, 4.69) is 10.2 Å². The van der Waals surface area contributed by atoms with Gasteiger partial charge in [-0.05, 0) is 30.5 Å². The first kappa shape index (κ1) is 10.5. The summed E-state index contributed by atoms with van der Waals surface area (Å²) in [6.45, 7) is 2.89. The fourth-order valence-electron chi connectivity index (χ4n) is 2.96. The number of anilines is 1. The molecule has 0 aliphatic carbocycles. The lowest BCUT2D eigenvalue weighted by Gasteiger charge is -2.26. The zero-order chi connectivity index (χ0) is 11.8. The Morgan fingerprint density at radius 2 is 2.29 bits per heavy atom. The molecule has 3 nitrogen and oxygen atoms in total. The number of fused-ring (bicyclic) bond motifs is 1. The van der Waals surface area contributed by atoms with Crippen molar-refractivity contribution >= 4 is 5.69 Å². The molecule has 0 spiro atoms. The van der Waals surface area contributed by atoms with E-state index >= 15 is 0 Å². The molecule has 1 N–H and O–H groups in total. The minimum atomic E-state index is -0.281. The number of hydrogen-bond donors (Lipinski definition) is 1. The Hall–Kier alpha value is -1.60. The van der Waals surface area contributed by atoms with Crippen molar-refractivity contribution in [1.29, 1.82) is 5.26 Å². The van der Waals surface area contributed by atoms with Crippen LogP contribution in [0.25, 0.3) is 0 Å². The maximum Gasteiger partial charge on any atom is 0.147 e. The molecule has 0 unspecified atom stereocenters. The Morgan fingerprint density at radius 3 is 3.06 bits per heavy atom. The quantitative estimate of drug-likeness (QED) is 0.796. The molecule has 1 aromatic carbocycles. The SMILES string of the molecule is N#Cc1ccc(N2CC[C@@H]3CNC[C@@H]32)c(F)c1. The first-order valence-electron chi connectivity index (χ1n) is 5.96. The minimum Gasteiger partial charge on any atom is -0.365 e. The van der Waals surface area contributed by atoms with Crippen LogP contribution in [0.3, 0.4) is 0 Å². The Labute approximate surface area is 99.8 Å². The molecule has 2 aliphatic heterocycles. The number of benzene rings is 1. The molecule has 2 saturated heterocycles. The first-order chi connectivity index (χ1) is 8.29. The third-order valence-electron chi connectivity index (χ3n) is 3.83. The monoisotopic (exact) mass is 231 g/mol. The van der Waals surface area contributed by atoms with Gasteiger partial charge in [-0.25, -0.2) is 4.39 Å². The van der Waals surface area contributed by atoms with Crippen molar-refractivity contribution in [2.24, 2.45) is 5.92 Å². The fourth-order valence-corrected chi connectivity index (χ4v) is 2.96. The van der Waals surface area contributed by atoms with Gasteiger partial charge in [-0.1, -0.05) is 0 Å². The summed E-state index contributed by atoms with van der Waals surface area (Å²) in [6, 6.07) is 7.12. The molecule has 2 atom stereocenters. The Bertz CT molecular complexity index is 480. The molecule has 0 amide bonds. The van der Waals surface area contributed by atoms with Gasteiger partial charge >= 0.3 is 0 Å². The number of nitrogens with one attached hydrogen (secondary N) is 1. The fraction of sp³-hybridized carbons (Fsp3) is 0.462. The van der Waals surface area contributed by atoms with E-state index in [-0.39, 0.29) is 5.82 Å². The van der Waals surface area contributed by atoms with E-state index in [1.165, 1.54) is 6.07 Å². The molecule has 0 bridgehead atoms. The summed E-state index contributed by atoms with van der Waals surface area (Å²) < 4.78 is 13.9. The summed E-state index contributed by atoms with van der Waals surface area (Å²) in [5.74, 6) is 0.363. The molecular formula is C13H14FN3. The van der Waals surface area contributed by atoms with Crippen LogP contribution in [0.5, 0.6) is 0 Å². The number of nitrogens with zero attached hydrogens (tertiary/aromatic N) is 2. The van der Waals surface area contributed by atoms with Crippen LogP contribution in [-0.4, -0.2) is 25.7 Å². The average Bonchev–Trinajstić information content (AvgIpc) is 2.91. The van der Waals surface area contributed by atoms with E-state index in [4.69, 9.17) is 5.26 Å². The molecule has 0 radical (unpaired) electrons. The first-order valence-corrected chi connectivity index (χ1v) is 5.96. The molecule has 17 heavy (non-hydrogen) atoms. The minimum absolute atomic E-state index is 0.281. The number of rotatable bonds is 1. The van der Waals surface area contributed by atoms with E-state index in [1.54, 1.807) is 12.1 Å². The van der Waals surface area contributed by atoms with E-state index in [0.717, 1.165) is 26.1 Å². The lowest BCUT2D eigenvalue weighted by atomic mass is 10.0. The van der Waals surface area contributed by atoms with Gasteiger partial charge in [-0.3, -0.25) is 0 Å². The normalized spacial score (nSPS) is 26.9. The van der Waals surface area contributed by atoms with Gasteiger partial charge in [0.15, 0.2) is 0 Å². The second kappa shape index (κ2) is 4.01. The maximum atomic E-state index is 13.9. The molecule has 4 heteroatoms. The van der Waals surface area contributed by atoms with Gasteiger partial charge < -0.3 is 10.2 Å². The van der Waals surface area contributed by atoms with Gasteiger partial charge in [-0.15, -0.1) is 0 Å². The number of nitriles is 1. The van der Waals surface area contributed by atoms with Gasteiger partial charge in [0.25, 0.3) is 0 Å². The Balaban J connectivity index is 1.92. The Kier molecular flexibility index (Phi) is 2.49. The van der Waals surface area contributed by atoms with Crippen LogP contribution in [0.2, 0.25) is 0 Å². The molecule has 0 saturated carbocycles. The third kappa shape index (κ3) is 1.67. The van der Waals surface area contributed by atoms with E-state index in [0.29, 0.717) is 23.2 Å². The van der Waals surface area contributed by atoms with Crippen molar-refractivity contribution in [2.75, 3.05) is 24.5 Å². The van der Waals surface area contributed by atoms with Crippen molar-refractivity contribution in [3.8, 4) is 6.07 Å². The van der Waals surface area contributed by atoms with Crippen LogP contribution in [0.15, 0.2) is 18.2 Å². The molecule has 1 aromatic rings. The van der Waals surface area contributed by atoms with Gasteiger partial charge in [0, 0.05) is 25.7 Å². The van der Waals surface area contributed by atoms with Crippen molar-refractivity contribution in [3.05, 3.63) is 29.6 Å². The van der Waals surface area contributed by atoms with Crippen LogP contribution >= 0.6 is 0 Å². The zero-order valence-electron chi connectivity index (χ0n) is 9.49. The lowest BCUT2D eigenvalue weighted by Crippen LogP contribution is -2.34. The van der Waals surface area contributed by atoms with Gasteiger partial charge in [0.1, 0.15) is 5.82 Å². The zero-order valence-corrected chi connectivity index (χ0v) is 9.49. The van der Waals surface area contributed by atoms with Crippen molar-refractivity contribution < 1.29 is 4.39 Å². The summed E-state index contributed by atoms with van der Waals surface area (Å²) in [5, 5.41) is 12.1. The average molecular weight is 231 g/mol. The van der Waals surface area contributed by atoms with Gasteiger partial charge in [0.05, 0.1) is 17.3 Å². The topological polar surface area (TPSA) is 39.1 Å². The highest BCUT2D eigenvalue weighted by molar-refractivity contribution is 5.53. The summed E-state index contributed by atoms with van der Waals surface area (Å²) in [4.78, 5) is 2.14. The predicted octanol–water partition coefficient (Wildman–Crippen LogP) is 1.50. The molecule has 2 heterocycles. The van der Waals surface area contributed by atoms with Gasteiger partial charge in [0.2, 0.25) is 0 Å². The van der Waals surface area contributed by atoms with Crippen LogP contribution in [0.1, 0.15) is 12.0 Å². The smallest absolute Gasteiger partial charge is 0.147 e. The highest BCUT2D eigenvalue weighted by Crippen LogP contribution is 2.33. The Morgan fingerprint density at radius 1 is 1.41 bits per heavy atom. The summed E-state index contributed by atoms with van der Waals surface area (Å²) >= 11 is 0. The van der Waals surface area contributed by atoms with E-state index < -0.39 is 0 Å². The van der Waals surface area contributed by atoms with Crippen LogP contribution in [0, 0.1) is 23.1 Å². The second-order valence-corrected chi connectivity index (χ2v) is 4.75. The van der Waals surface area contributed by atoms with Gasteiger partial charge in [-0.2, -0.15) is 5.26 Å². The maximum absolute atomic E-state index is 13.9. The lowest BCUT2D eigenvalue weighted by molar-refractivity contribution is 0.570. The highest BCUT2D eigenvalue weighted by Gasteiger charge is 2.38. The van der Waals surface area contributed by atoms with Crippen LogP contribution in [-0.2, 0) is 0 Å². The van der Waals surface area contributed by atoms with E-state index in [9.17, 15) is 4.39 Å². The standard InChI is InChI=1S/C13H14FN3/c14-11-5-9(6-15)1-2-12(11)17-4-3-10-7-16-8-13(10)17/h1-2,5,10,13,16H,3-4,7-8H2/t10-,13+/m1/s1. The third-order valence-corrected chi connectivity index (χ3v) is 3.83. The molecule has 2 fully saturated rings. The second-order valence-electron chi connectivity index (χ2n) is 4.75. The summed E-state index contributed by atoms with van der Waals surface area (Å²) in [5.41, 5.74) is 1.02. The van der Waals surface area contributed by atoms with Crippen LogP contribution < -0.4 is 10.2 Å². The number of halogens is 1. The summed E-state index contributed by atoms with van der Waals surface area (Å²) in [7, 11) is 0. The van der Waals surface area contributed by atoms with E-state index in [1.807, 2.05) is 6.07 Å². The highest BCUT2D eigenvalue weighted by atomic mass is 19.1. The summed E-state index contributed by atoms with van der Waals surface area (Å²) in [6.07, 6.45) is 1.12. The number of hydrogen-bond acceptors (Lipinski definition) is 3. The largest absolute Gasteiger partial charge is 0.365 e. The van der Waals surface area contributed by atoms with Crippen molar-refractivity contribution in [2.45, 2.75) is 12.5 Å². The van der Waals surface area contributed by atoms with Crippen molar-refractivity contribution in [1.82, 2.24) is 5.32 Å². The van der Waals surface area contributed by atoms with Crippen LogP contribution in [0.4, 0.5) is 10.1 Å². The molecule has 3 rings (SSSR count). The predicted molar refractivity (Wildman–Crippen MR) is 63.2 cm³/mol. The molecule has 88 valence electrons.